The zero-order valence-corrected chi connectivity index (χ0v) is 12.3. The number of nitrogens with one attached hydrogen (secondary N) is 1. The van der Waals surface area contributed by atoms with Gasteiger partial charge in [-0.2, -0.15) is 0 Å². The number of aliphatic hydroxyl groups is 1. The van der Waals surface area contributed by atoms with Crippen LogP contribution in [-0.4, -0.2) is 48.7 Å². The molecule has 1 aromatic carbocycles. The van der Waals surface area contributed by atoms with E-state index in [0.29, 0.717) is 12.1 Å². The standard InChI is InChI=1S/C17H22N2O2/c20-13-4-7-15-6-3-8-16(14-15)17(21)18-9-5-12-19-10-1-2-11-19/h3,6,8,14,20H,1-2,5,9-13H2,(H,18,21). The Labute approximate surface area is 126 Å². The molecule has 0 atom stereocenters. The van der Waals surface area contributed by atoms with Crippen LogP contribution in [0, 0.1) is 11.8 Å². The number of carbonyl (C=O) groups is 1. The predicted molar refractivity (Wildman–Crippen MR) is 83.0 cm³/mol. The smallest absolute Gasteiger partial charge is 0.251 e. The molecule has 0 aromatic heterocycles. The fourth-order valence-electron chi connectivity index (χ4n) is 2.49. The first-order valence-corrected chi connectivity index (χ1v) is 7.50. The number of benzene rings is 1. The molecule has 1 fully saturated rings. The molecule has 1 aliphatic heterocycles. The SMILES string of the molecule is O=C(NCCCN1CCCC1)c1cccc(C#CCO)c1. The van der Waals surface area contributed by atoms with Crippen molar-refractivity contribution in [3.8, 4) is 11.8 Å². The molecule has 0 bridgehead atoms. The highest BCUT2D eigenvalue weighted by Gasteiger charge is 2.10. The number of rotatable bonds is 5. The summed E-state index contributed by atoms with van der Waals surface area (Å²) in [5.41, 5.74) is 1.36. The van der Waals surface area contributed by atoms with Crippen LogP contribution in [0.3, 0.4) is 0 Å². The molecule has 1 amide bonds. The minimum absolute atomic E-state index is 0.0657. The average molecular weight is 286 g/mol. The van der Waals surface area contributed by atoms with E-state index in [-0.39, 0.29) is 12.5 Å². The second kappa shape index (κ2) is 8.46. The Hall–Kier alpha value is -1.83. The highest BCUT2D eigenvalue weighted by atomic mass is 16.2. The monoisotopic (exact) mass is 286 g/mol. The largest absolute Gasteiger partial charge is 0.384 e. The number of likely N-dealkylation sites (tertiary alicyclic amines) is 1. The predicted octanol–water partition coefficient (Wildman–Crippen LogP) is 1.25. The molecule has 112 valence electrons. The molecule has 0 aliphatic carbocycles. The van der Waals surface area contributed by atoms with Gasteiger partial charge in [0.15, 0.2) is 0 Å². The van der Waals surface area contributed by atoms with Gasteiger partial charge in [0.05, 0.1) is 0 Å². The van der Waals surface area contributed by atoms with Crippen molar-refractivity contribution in [1.82, 2.24) is 10.2 Å². The van der Waals surface area contributed by atoms with Crippen LogP contribution in [0.1, 0.15) is 35.2 Å². The van der Waals surface area contributed by atoms with E-state index < -0.39 is 0 Å². The van der Waals surface area contributed by atoms with Crippen LogP contribution < -0.4 is 5.32 Å². The Morgan fingerprint density at radius 2 is 2.14 bits per heavy atom. The molecule has 0 spiro atoms. The number of nitrogens with zero attached hydrogens (tertiary/aromatic N) is 1. The zero-order chi connectivity index (χ0) is 14.9. The van der Waals surface area contributed by atoms with Crippen LogP contribution in [-0.2, 0) is 0 Å². The third-order valence-electron chi connectivity index (χ3n) is 3.57. The molecule has 0 radical (unpaired) electrons. The van der Waals surface area contributed by atoms with Crippen LogP contribution in [0.2, 0.25) is 0 Å². The molecule has 1 aliphatic rings. The topological polar surface area (TPSA) is 52.6 Å². The minimum Gasteiger partial charge on any atom is -0.384 e. The summed E-state index contributed by atoms with van der Waals surface area (Å²) in [6.45, 7) is 3.97. The lowest BCUT2D eigenvalue weighted by Crippen LogP contribution is -2.28. The molecular formula is C17H22N2O2. The first-order chi connectivity index (χ1) is 10.3. The summed E-state index contributed by atoms with van der Waals surface area (Å²) in [5, 5.41) is 11.6. The molecule has 1 aromatic rings. The van der Waals surface area contributed by atoms with E-state index in [9.17, 15) is 4.79 Å². The van der Waals surface area contributed by atoms with Crippen LogP contribution in [0.5, 0.6) is 0 Å². The highest BCUT2D eigenvalue weighted by molar-refractivity contribution is 5.94. The van der Waals surface area contributed by atoms with Crippen LogP contribution in [0.15, 0.2) is 24.3 Å². The van der Waals surface area contributed by atoms with Crippen molar-refractivity contribution in [2.75, 3.05) is 32.8 Å². The van der Waals surface area contributed by atoms with Crippen molar-refractivity contribution in [2.24, 2.45) is 0 Å². The van der Waals surface area contributed by atoms with Gasteiger partial charge in [0.1, 0.15) is 6.61 Å². The van der Waals surface area contributed by atoms with E-state index in [1.54, 1.807) is 18.2 Å². The van der Waals surface area contributed by atoms with E-state index in [0.717, 1.165) is 18.5 Å². The van der Waals surface area contributed by atoms with Gasteiger partial charge in [-0.15, -0.1) is 0 Å². The third kappa shape index (κ3) is 5.22. The first kappa shape index (κ1) is 15.6. The van der Waals surface area contributed by atoms with Gasteiger partial charge >= 0.3 is 0 Å². The maximum Gasteiger partial charge on any atom is 0.251 e. The molecule has 1 saturated heterocycles. The fraction of sp³-hybridized carbons (Fsp3) is 0.471. The van der Waals surface area contributed by atoms with Gasteiger partial charge in [0, 0.05) is 17.7 Å². The lowest BCUT2D eigenvalue weighted by atomic mass is 10.1. The summed E-state index contributed by atoms with van der Waals surface area (Å²) in [5.74, 6) is 5.32. The normalized spacial score (nSPS) is 14.5. The minimum atomic E-state index is -0.174. The number of hydrogen-bond donors (Lipinski definition) is 2. The van der Waals surface area contributed by atoms with Crippen molar-refractivity contribution in [1.29, 1.82) is 0 Å². The van der Waals surface area contributed by atoms with Gasteiger partial charge in [-0.1, -0.05) is 17.9 Å². The molecular weight excluding hydrogens is 264 g/mol. The lowest BCUT2D eigenvalue weighted by Gasteiger charge is -2.14. The summed E-state index contributed by atoms with van der Waals surface area (Å²) in [4.78, 5) is 14.5. The number of hydrogen-bond acceptors (Lipinski definition) is 3. The first-order valence-electron chi connectivity index (χ1n) is 7.50. The molecule has 21 heavy (non-hydrogen) atoms. The van der Waals surface area contributed by atoms with Gasteiger partial charge in [0.2, 0.25) is 0 Å². The molecule has 4 heteroatoms. The van der Waals surface area contributed by atoms with E-state index in [1.807, 2.05) is 6.07 Å². The molecule has 1 heterocycles. The van der Waals surface area contributed by atoms with E-state index in [4.69, 9.17) is 5.11 Å². The Morgan fingerprint density at radius 3 is 2.90 bits per heavy atom. The van der Waals surface area contributed by atoms with Crippen LogP contribution in [0.4, 0.5) is 0 Å². The maximum atomic E-state index is 12.0. The zero-order valence-electron chi connectivity index (χ0n) is 12.3. The van der Waals surface area contributed by atoms with Gasteiger partial charge < -0.3 is 15.3 Å². The summed E-state index contributed by atoms with van der Waals surface area (Å²) in [7, 11) is 0. The molecule has 4 nitrogen and oxygen atoms in total. The average Bonchev–Trinajstić information content (AvgIpc) is 3.03. The molecule has 2 N–H and O–H groups in total. The Balaban J connectivity index is 1.77. The van der Waals surface area contributed by atoms with Gasteiger partial charge in [0.25, 0.3) is 5.91 Å². The summed E-state index contributed by atoms with van der Waals surface area (Å²) < 4.78 is 0. The molecule has 0 unspecified atom stereocenters. The summed E-state index contributed by atoms with van der Waals surface area (Å²) in [6.07, 6.45) is 3.58. The summed E-state index contributed by atoms with van der Waals surface area (Å²) >= 11 is 0. The Kier molecular flexibility index (Phi) is 6.26. The number of carbonyl (C=O) groups excluding carboxylic acids is 1. The fourth-order valence-corrected chi connectivity index (χ4v) is 2.49. The van der Waals surface area contributed by atoms with E-state index in [1.165, 1.54) is 25.9 Å². The number of aliphatic hydroxyl groups excluding tert-OH is 1. The van der Waals surface area contributed by atoms with Gasteiger partial charge in [-0.3, -0.25) is 4.79 Å². The van der Waals surface area contributed by atoms with Crippen molar-refractivity contribution < 1.29 is 9.90 Å². The number of amides is 1. The Bertz CT molecular complexity index is 525. The van der Waals surface area contributed by atoms with Gasteiger partial charge in [-0.05, 0) is 57.1 Å². The van der Waals surface area contributed by atoms with Crippen molar-refractivity contribution in [2.45, 2.75) is 19.3 Å². The van der Waals surface area contributed by atoms with Crippen molar-refractivity contribution >= 4 is 5.91 Å². The van der Waals surface area contributed by atoms with Crippen LogP contribution in [0.25, 0.3) is 0 Å². The summed E-state index contributed by atoms with van der Waals surface area (Å²) in [6, 6.07) is 7.16. The second-order valence-electron chi connectivity index (χ2n) is 5.20. The van der Waals surface area contributed by atoms with Crippen LogP contribution >= 0.6 is 0 Å². The molecule has 2 rings (SSSR count). The second-order valence-corrected chi connectivity index (χ2v) is 5.20. The van der Waals surface area contributed by atoms with Gasteiger partial charge in [-0.25, -0.2) is 0 Å². The molecule has 0 saturated carbocycles. The van der Waals surface area contributed by atoms with E-state index >= 15 is 0 Å². The quantitative estimate of drug-likeness (QED) is 0.632. The Morgan fingerprint density at radius 1 is 1.33 bits per heavy atom. The lowest BCUT2D eigenvalue weighted by molar-refractivity contribution is 0.0952. The third-order valence-corrected chi connectivity index (χ3v) is 3.57. The van der Waals surface area contributed by atoms with Crippen molar-refractivity contribution in [3.05, 3.63) is 35.4 Å². The van der Waals surface area contributed by atoms with E-state index in [2.05, 4.69) is 22.1 Å². The van der Waals surface area contributed by atoms with Crippen molar-refractivity contribution in [3.63, 3.8) is 0 Å². The maximum absolute atomic E-state index is 12.0. The highest BCUT2D eigenvalue weighted by Crippen LogP contribution is 2.07.